The average molecular weight is 247 g/mol. The minimum atomic E-state index is -0.0785. The van der Waals surface area contributed by atoms with Crippen LogP contribution in [0.1, 0.15) is 31.9 Å². The number of esters is 1. The van der Waals surface area contributed by atoms with Gasteiger partial charge in [-0.05, 0) is 32.4 Å². The molecule has 1 aromatic rings. The fourth-order valence-electron chi connectivity index (χ4n) is 2.90. The van der Waals surface area contributed by atoms with E-state index in [0.717, 1.165) is 13.0 Å². The van der Waals surface area contributed by atoms with Gasteiger partial charge in [0, 0.05) is 12.1 Å². The second kappa shape index (κ2) is 5.53. The Kier molecular flexibility index (Phi) is 4.02. The first-order valence-corrected chi connectivity index (χ1v) is 6.53. The molecule has 98 valence electrons. The monoisotopic (exact) mass is 247 g/mol. The van der Waals surface area contributed by atoms with Crippen LogP contribution in [0.4, 0.5) is 0 Å². The Hall–Kier alpha value is -1.35. The van der Waals surface area contributed by atoms with Gasteiger partial charge in [0.05, 0.1) is 13.0 Å². The zero-order valence-electron chi connectivity index (χ0n) is 11.3. The summed E-state index contributed by atoms with van der Waals surface area (Å²) in [5.41, 5.74) is 1.30. The van der Waals surface area contributed by atoms with Crippen molar-refractivity contribution >= 4 is 5.97 Å². The summed E-state index contributed by atoms with van der Waals surface area (Å²) >= 11 is 0. The largest absolute Gasteiger partial charge is 0.469 e. The molecule has 1 aliphatic heterocycles. The van der Waals surface area contributed by atoms with Crippen molar-refractivity contribution in [3.05, 3.63) is 35.9 Å². The number of ether oxygens (including phenoxy) is 1. The molecule has 1 saturated heterocycles. The van der Waals surface area contributed by atoms with E-state index in [1.807, 2.05) is 6.07 Å². The number of carbonyl (C=O) groups is 1. The quantitative estimate of drug-likeness (QED) is 0.769. The second-order valence-corrected chi connectivity index (χ2v) is 4.98. The summed E-state index contributed by atoms with van der Waals surface area (Å²) in [6, 6.07) is 11.0. The molecular weight excluding hydrogens is 226 g/mol. The van der Waals surface area contributed by atoms with Gasteiger partial charge in [-0.3, -0.25) is 9.69 Å². The molecule has 1 fully saturated rings. The van der Waals surface area contributed by atoms with Crippen LogP contribution >= 0.6 is 0 Å². The first-order chi connectivity index (χ1) is 8.65. The maximum absolute atomic E-state index is 11.7. The van der Waals surface area contributed by atoms with E-state index in [0.29, 0.717) is 6.04 Å². The highest BCUT2D eigenvalue weighted by atomic mass is 16.5. The lowest BCUT2D eigenvalue weighted by molar-refractivity contribution is -0.146. The highest BCUT2D eigenvalue weighted by molar-refractivity contribution is 5.73. The molecule has 1 aromatic carbocycles. The molecule has 0 aliphatic carbocycles. The maximum Gasteiger partial charge on any atom is 0.310 e. The molecule has 2 unspecified atom stereocenters. The molecule has 0 aromatic heterocycles. The molecule has 18 heavy (non-hydrogen) atoms. The molecule has 3 nitrogen and oxygen atoms in total. The van der Waals surface area contributed by atoms with Crippen LogP contribution in [0, 0.1) is 5.92 Å². The van der Waals surface area contributed by atoms with Crippen LogP contribution in [0.15, 0.2) is 30.3 Å². The Labute approximate surface area is 109 Å². The van der Waals surface area contributed by atoms with Crippen molar-refractivity contribution in [1.82, 2.24) is 4.90 Å². The summed E-state index contributed by atoms with van der Waals surface area (Å²) in [4.78, 5) is 14.1. The molecule has 0 spiro atoms. The maximum atomic E-state index is 11.7. The molecule has 0 bridgehead atoms. The van der Waals surface area contributed by atoms with Crippen molar-refractivity contribution in [2.75, 3.05) is 13.7 Å². The third kappa shape index (κ3) is 2.41. The van der Waals surface area contributed by atoms with E-state index in [2.05, 4.69) is 43.0 Å². The number of nitrogens with zero attached hydrogens (tertiary/aromatic N) is 1. The highest BCUT2D eigenvalue weighted by Crippen LogP contribution is 2.32. The van der Waals surface area contributed by atoms with Gasteiger partial charge in [0.2, 0.25) is 0 Å². The Morgan fingerprint density at radius 3 is 2.67 bits per heavy atom. The number of hydrogen-bond donors (Lipinski definition) is 0. The van der Waals surface area contributed by atoms with E-state index in [1.165, 1.54) is 12.7 Å². The van der Waals surface area contributed by atoms with Gasteiger partial charge in [-0.1, -0.05) is 30.3 Å². The van der Waals surface area contributed by atoms with Gasteiger partial charge in [-0.15, -0.1) is 0 Å². The lowest BCUT2D eigenvalue weighted by atomic mass is 10.0. The van der Waals surface area contributed by atoms with Gasteiger partial charge in [0.15, 0.2) is 0 Å². The van der Waals surface area contributed by atoms with Gasteiger partial charge < -0.3 is 4.74 Å². The predicted molar refractivity (Wildman–Crippen MR) is 71.1 cm³/mol. The smallest absolute Gasteiger partial charge is 0.310 e. The minimum absolute atomic E-state index is 0.0150. The minimum Gasteiger partial charge on any atom is -0.469 e. The summed E-state index contributed by atoms with van der Waals surface area (Å²) in [7, 11) is 1.47. The normalized spacial score (nSPS) is 25.9. The van der Waals surface area contributed by atoms with Crippen molar-refractivity contribution in [1.29, 1.82) is 0 Å². The topological polar surface area (TPSA) is 29.5 Å². The Bertz CT molecular complexity index is 404. The van der Waals surface area contributed by atoms with E-state index >= 15 is 0 Å². The lowest BCUT2D eigenvalue weighted by Crippen LogP contribution is -2.35. The molecule has 3 heteroatoms. The van der Waals surface area contributed by atoms with Crippen molar-refractivity contribution in [3.8, 4) is 0 Å². The van der Waals surface area contributed by atoms with Crippen molar-refractivity contribution in [2.45, 2.75) is 32.4 Å². The Morgan fingerprint density at radius 2 is 2.06 bits per heavy atom. The number of methoxy groups -OCH3 is 1. The third-order valence-corrected chi connectivity index (χ3v) is 4.09. The second-order valence-electron chi connectivity index (χ2n) is 4.98. The third-order valence-electron chi connectivity index (χ3n) is 4.09. The number of likely N-dealkylation sites (tertiary alicyclic amines) is 1. The Morgan fingerprint density at radius 1 is 1.39 bits per heavy atom. The van der Waals surface area contributed by atoms with Crippen LogP contribution in [-0.4, -0.2) is 30.6 Å². The lowest BCUT2D eigenvalue weighted by Gasteiger charge is -2.30. The predicted octanol–water partition coefficient (Wildman–Crippen LogP) is 2.63. The molecular formula is C15H21NO2. The fraction of sp³-hybridized carbons (Fsp3) is 0.533. The molecule has 0 amide bonds. The first-order valence-electron chi connectivity index (χ1n) is 6.53. The van der Waals surface area contributed by atoms with Crippen LogP contribution in [0.25, 0.3) is 0 Å². The molecule has 2 rings (SSSR count). The molecule has 0 saturated carbocycles. The average Bonchev–Trinajstić information content (AvgIpc) is 2.80. The summed E-state index contributed by atoms with van der Waals surface area (Å²) in [5, 5.41) is 0. The van der Waals surface area contributed by atoms with Gasteiger partial charge in [0.1, 0.15) is 0 Å². The number of rotatable bonds is 3. The van der Waals surface area contributed by atoms with Crippen molar-refractivity contribution < 1.29 is 9.53 Å². The van der Waals surface area contributed by atoms with Gasteiger partial charge in [0.25, 0.3) is 0 Å². The van der Waals surface area contributed by atoms with Crippen molar-refractivity contribution in [3.63, 3.8) is 0 Å². The van der Waals surface area contributed by atoms with E-state index in [-0.39, 0.29) is 17.9 Å². The van der Waals surface area contributed by atoms with Gasteiger partial charge in [-0.25, -0.2) is 0 Å². The van der Waals surface area contributed by atoms with Crippen LogP contribution in [0.2, 0.25) is 0 Å². The molecule has 0 N–H and O–H groups in total. The van der Waals surface area contributed by atoms with E-state index in [1.54, 1.807) is 0 Å². The fourth-order valence-corrected chi connectivity index (χ4v) is 2.90. The SMILES string of the molecule is COC(=O)C1CCN([C@H](C)c2ccccc2)C1C. The summed E-state index contributed by atoms with van der Waals surface area (Å²) < 4.78 is 4.87. The summed E-state index contributed by atoms with van der Waals surface area (Å²) in [6.07, 6.45) is 0.894. The van der Waals surface area contributed by atoms with Gasteiger partial charge >= 0.3 is 5.97 Å². The molecule has 3 atom stereocenters. The highest BCUT2D eigenvalue weighted by Gasteiger charge is 2.38. The van der Waals surface area contributed by atoms with Crippen LogP contribution in [0.5, 0.6) is 0 Å². The summed E-state index contributed by atoms with van der Waals surface area (Å²) in [6.45, 7) is 5.27. The van der Waals surface area contributed by atoms with Crippen LogP contribution in [0.3, 0.4) is 0 Å². The van der Waals surface area contributed by atoms with E-state index in [9.17, 15) is 4.79 Å². The number of carbonyl (C=O) groups excluding carboxylic acids is 1. The molecule has 1 aliphatic rings. The number of benzene rings is 1. The standard InChI is InChI=1S/C15H21NO2/c1-11(13-7-5-4-6-8-13)16-10-9-14(12(16)2)15(17)18-3/h4-8,11-12,14H,9-10H2,1-3H3/t11-,12?,14?/m1/s1. The van der Waals surface area contributed by atoms with Crippen LogP contribution < -0.4 is 0 Å². The molecule has 1 heterocycles. The summed E-state index contributed by atoms with van der Waals surface area (Å²) in [5.74, 6) is -0.0635. The zero-order valence-corrected chi connectivity index (χ0v) is 11.3. The molecule has 0 radical (unpaired) electrons. The number of hydrogen-bond acceptors (Lipinski definition) is 3. The van der Waals surface area contributed by atoms with Crippen molar-refractivity contribution in [2.24, 2.45) is 5.92 Å². The first kappa shape index (κ1) is 13.1. The zero-order chi connectivity index (χ0) is 13.1. The Balaban J connectivity index is 2.09. The van der Waals surface area contributed by atoms with Crippen LogP contribution in [-0.2, 0) is 9.53 Å². The van der Waals surface area contributed by atoms with E-state index < -0.39 is 0 Å². The van der Waals surface area contributed by atoms with Gasteiger partial charge in [-0.2, -0.15) is 0 Å². The van der Waals surface area contributed by atoms with E-state index in [4.69, 9.17) is 4.74 Å².